The van der Waals surface area contributed by atoms with E-state index in [9.17, 15) is 14.4 Å². The van der Waals surface area contributed by atoms with Gasteiger partial charge < -0.3 is 19.1 Å². The van der Waals surface area contributed by atoms with Crippen molar-refractivity contribution in [2.45, 2.75) is 6.92 Å². The topological polar surface area (TPSA) is 98.3 Å². The molecule has 33 heavy (non-hydrogen) atoms. The van der Waals surface area contributed by atoms with Gasteiger partial charge in [-0.05, 0) is 37.3 Å². The molecule has 2 amide bonds. The molecule has 0 spiro atoms. The number of esters is 1. The average Bonchev–Trinajstić information content (AvgIpc) is 3.35. The molecule has 1 fully saturated rings. The molecule has 1 aromatic heterocycles. The molecule has 2 aromatic carbocycles. The third-order valence-corrected chi connectivity index (χ3v) is 6.48. The Morgan fingerprint density at radius 2 is 1.79 bits per heavy atom. The van der Waals surface area contributed by atoms with Crippen molar-refractivity contribution >= 4 is 44.5 Å². The molecular formula is C23H21N3O6S. The Morgan fingerprint density at radius 1 is 1.06 bits per heavy atom. The van der Waals surface area contributed by atoms with Crippen LogP contribution in [0.25, 0.3) is 10.2 Å². The van der Waals surface area contributed by atoms with Crippen molar-refractivity contribution < 1.29 is 28.6 Å². The van der Waals surface area contributed by atoms with Gasteiger partial charge in [0.2, 0.25) is 0 Å². The molecule has 0 saturated carbocycles. The first kappa shape index (κ1) is 21.4. The van der Waals surface area contributed by atoms with Crippen LogP contribution in [0, 0.1) is 0 Å². The second kappa shape index (κ2) is 8.80. The molecule has 2 aliphatic rings. The molecule has 10 heteroatoms. The van der Waals surface area contributed by atoms with Crippen LogP contribution in [0.3, 0.4) is 0 Å². The Morgan fingerprint density at radius 3 is 2.58 bits per heavy atom. The summed E-state index contributed by atoms with van der Waals surface area (Å²) < 4.78 is 17.2. The molecule has 0 radical (unpaired) electrons. The highest BCUT2D eigenvalue weighted by molar-refractivity contribution is 7.22. The first-order valence-electron chi connectivity index (χ1n) is 10.6. The van der Waals surface area contributed by atoms with Crippen molar-refractivity contribution in [3.8, 4) is 11.5 Å². The van der Waals surface area contributed by atoms with Crippen molar-refractivity contribution in [2.75, 3.05) is 44.4 Å². The van der Waals surface area contributed by atoms with Crippen LogP contribution in [0.5, 0.6) is 11.5 Å². The van der Waals surface area contributed by atoms with Crippen LogP contribution in [0.2, 0.25) is 0 Å². The maximum Gasteiger partial charge on any atom is 0.326 e. The van der Waals surface area contributed by atoms with Crippen LogP contribution in [0.15, 0.2) is 36.4 Å². The fourth-order valence-corrected chi connectivity index (χ4v) is 4.84. The highest BCUT2D eigenvalue weighted by Gasteiger charge is 2.37. The standard InChI is InChI=1S/C23H21N3O6S/c1-2-31-20(27)13-26-21(28)16-5-3-14(11-17(16)22(26)29)32-15-4-6-18-19(12-15)33-23(24-18)25-7-9-30-10-8-25/h3-6,11-12H,2,7-10,13H2,1H3. The molecule has 0 N–H and O–H groups in total. The van der Waals surface area contributed by atoms with E-state index in [1.54, 1.807) is 24.3 Å². The van der Waals surface area contributed by atoms with E-state index in [2.05, 4.69) is 4.90 Å². The van der Waals surface area contributed by atoms with Crippen molar-refractivity contribution in [3.63, 3.8) is 0 Å². The molecule has 0 atom stereocenters. The molecule has 2 aliphatic heterocycles. The van der Waals surface area contributed by atoms with Crippen molar-refractivity contribution in [1.82, 2.24) is 9.88 Å². The molecule has 3 heterocycles. The predicted molar refractivity (Wildman–Crippen MR) is 121 cm³/mol. The number of fused-ring (bicyclic) bond motifs is 2. The van der Waals surface area contributed by atoms with Crippen LogP contribution in [-0.2, 0) is 14.3 Å². The normalized spacial score (nSPS) is 15.8. The van der Waals surface area contributed by atoms with Crippen LogP contribution in [-0.4, -0.2) is 67.1 Å². The SMILES string of the molecule is CCOC(=O)CN1C(=O)c2ccc(Oc3ccc4nc(N5CCOCC5)sc4c3)cc2C1=O. The monoisotopic (exact) mass is 467 g/mol. The molecule has 0 aliphatic carbocycles. The number of thiazole rings is 1. The molecule has 0 bridgehead atoms. The summed E-state index contributed by atoms with van der Waals surface area (Å²) in [7, 11) is 0. The molecule has 9 nitrogen and oxygen atoms in total. The smallest absolute Gasteiger partial charge is 0.326 e. The Kier molecular flexibility index (Phi) is 5.69. The molecule has 3 aromatic rings. The summed E-state index contributed by atoms with van der Waals surface area (Å²) in [6.45, 7) is 4.46. The van der Waals surface area contributed by atoms with Crippen molar-refractivity contribution in [3.05, 3.63) is 47.5 Å². The van der Waals surface area contributed by atoms with E-state index in [1.807, 2.05) is 18.2 Å². The summed E-state index contributed by atoms with van der Waals surface area (Å²) in [5, 5.41) is 0.953. The minimum absolute atomic E-state index is 0.179. The number of benzene rings is 2. The fraction of sp³-hybridized carbons (Fsp3) is 0.304. The maximum atomic E-state index is 12.7. The summed E-state index contributed by atoms with van der Waals surface area (Å²) in [6.07, 6.45) is 0. The van der Waals surface area contributed by atoms with Crippen molar-refractivity contribution in [1.29, 1.82) is 0 Å². The number of amides is 2. The average molecular weight is 468 g/mol. The van der Waals surface area contributed by atoms with E-state index in [4.69, 9.17) is 19.2 Å². The van der Waals surface area contributed by atoms with Crippen molar-refractivity contribution in [2.24, 2.45) is 0 Å². The Hall–Kier alpha value is -3.50. The molecule has 170 valence electrons. The quantitative estimate of drug-likeness (QED) is 0.403. The number of nitrogens with zero attached hydrogens (tertiary/aromatic N) is 3. The van der Waals surface area contributed by atoms with Crippen LogP contribution in [0.1, 0.15) is 27.6 Å². The van der Waals surface area contributed by atoms with Gasteiger partial charge in [-0.2, -0.15) is 0 Å². The van der Waals surface area contributed by atoms with Gasteiger partial charge in [-0.15, -0.1) is 0 Å². The van der Waals surface area contributed by atoms with E-state index in [1.165, 1.54) is 12.1 Å². The Bertz CT molecular complexity index is 1250. The lowest BCUT2D eigenvalue weighted by Gasteiger charge is -2.25. The molecule has 1 saturated heterocycles. The number of hydrogen-bond acceptors (Lipinski definition) is 9. The lowest BCUT2D eigenvalue weighted by Crippen LogP contribution is -2.36. The van der Waals surface area contributed by atoms with Gasteiger partial charge in [-0.1, -0.05) is 11.3 Å². The van der Waals surface area contributed by atoms with E-state index < -0.39 is 24.3 Å². The summed E-state index contributed by atoms with van der Waals surface area (Å²) in [6, 6.07) is 10.3. The number of ether oxygens (including phenoxy) is 3. The fourth-order valence-electron chi connectivity index (χ4n) is 3.79. The summed E-state index contributed by atoms with van der Waals surface area (Å²) in [5.74, 6) is -0.666. The number of anilines is 1. The lowest BCUT2D eigenvalue weighted by atomic mass is 10.1. The zero-order valence-corrected chi connectivity index (χ0v) is 18.7. The largest absolute Gasteiger partial charge is 0.465 e. The Balaban J connectivity index is 1.34. The van der Waals surface area contributed by atoms with Gasteiger partial charge in [0.1, 0.15) is 18.0 Å². The number of carbonyl (C=O) groups is 3. The van der Waals surface area contributed by atoms with Gasteiger partial charge in [0.05, 0.1) is 41.2 Å². The molecule has 0 unspecified atom stereocenters. The van der Waals surface area contributed by atoms with E-state index in [0.29, 0.717) is 24.7 Å². The van der Waals surface area contributed by atoms with Gasteiger partial charge in [-0.25, -0.2) is 4.98 Å². The zero-order chi connectivity index (χ0) is 22.9. The third kappa shape index (κ3) is 4.14. The number of morpholine rings is 1. The van der Waals surface area contributed by atoms with Crippen LogP contribution in [0.4, 0.5) is 5.13 Å². The summed E-state index contributed by atoms with van der Waals surface area (Å²) in [5.41, 5.74) is 1.33. The first-order chi connectivity index (χ1) is 16.0. The number of imide groups is 1. The number of hydrogen-bond donors (Lipinski definition) is 0. The van der Waals surface area contributed by atoms with Crippen LogP contribution < -0.4 is 9.64 Å². The second-order valence-corrected chi connectivity index (χ2v) is 8.55. The van der Waals surface area contributed by atoms with Gasteiger partial charge in [0.25, 0.3) is 11.8 Å². The third-order valence-electron chi connectivity index (χ3n) is 5.40. The predicted octanol–water partition coefficient (Wildman–Crippen LogP) is 3.08. The van der Waals surface area contributed by atoms with E-state index >= 15 is 0 Å². The van der Waals surface area contributed by atoms with E-state index in [0.717, 1.165) is 33.3 Å². The molecule has 5 rings (SSSR count). The highest BCUT2D eigenvalue weighted by atomic mass is 32.1. The zero-order valence-electron chi connectivity index (χ0n) is 17.9. The second-order valence-electron chi connectivity index (χ2n) is 7.54. The lowest BCUT2D eigenvalue weighted by molar-refractivity contribution is -0.143. The molecular weight excluding hydrogens is 446 g/mol. The minimum atomic E-state index is -0.627. The van der Waals surface area contributed by atoms with Crippen LogP contribution >= 0.6 is 11.3 Å². The first-order valence-corrected chi connectivity index (χ1v) is 11.4. The Labute approximate surface area is 193 Å². The maximum absolute atomic E-state index is 12.7. The van der Waals surface area contributed by atoms with Gasteiger partial charge >= 0.3 is 5.97 Å². The summed E-state index contributed by atoms with van der Waals surface area (Å²) >= 11 is 1.59. The number of aromatic nitrogens is 1. The highest BCUT2D eigenvalue weighted by Crippen LogP contribution is 2.34. The van der Waals surface area contributed by atoms with E-state index in [-0.39, 0.29) is 17.7 Å². The summed E-state index contributed by atoms with van der Waals surface area (Å²) in [4.78, 5) is 44.8. The van der Waals surface area contributed by atoms with Gasteiger partial charge in [-0.3, -0.25) is 19.3 Å². The van der Waals surface area contributed by atoms with Gasteiger partial charge in [0.15, 0.2) is 5.13 Å². The number of rotatable bonds is 6. The van der Waals surface area contributed by atoms with Gasteiger partial charge in [0, 0.05) is 19.2 Å². The minimum Gasteiger partial charge on any atom is -0.465 e. The number of carbonyl (C=O) groups excluding carboxylic acids is 3.